The number of nitriles is 1. The quantitative estimate of drug-likeness (QED) is 0.268. The highest BCUT2D eigenvalue weighted by Gasteiger charge is 2.21. The number of nitro benzene ring substituents is 2. The summed E-state index contributed by atoms with van der Waals surface area (Å²) < 4.78 is 5.56. The molecule has 1 aromatic heterocycles. The molecule has 0 unspecified atom stereocenters. The molecule has 11 nitrogen and oxygen atoms in total. The van der Waals surface area contributed by atoms with Crippen molar-refractivity contribution in [1.82, 2.24) is 9.97 Å². The first-order valence-electron chi connectivity index (χ1n) is 8.13. The second-order valence-corrected chi connectivity index (χ2v) is 6.50. The molecule has 150 valence electrons. The van der Waals surface area contributed by atoms with Crippen LogP contribution >= 0.6 is 11.8 Å². The largest absolute Gasteiger partial charge is 0.450 e. The maximum absolute atomic E-state index is 12.1. The van der Waals surface area contributed by atoms with Crippen LogP contribution in [0.1, 0.15) is 5.56 Å². The van der Waals surface area contributed by atoms with Crippen molar-refractivity contribution in [2.75, 3.05) is 6.26 Å². The molecule has 1 N–H and O–H groups in total. The van der Waals surface area contributed by atoms with Crippen molar-refractivity contribution >= 4 is 23.1 Å². The molecule has 30 heavy (non-hydrogen) atoms. The molecule has 0 saturated carbocycles. The molecular weight excluding hydrogens is 414 g/mol. The van der Waals surface area contributed by atoms with Crippen molar-refractivity contribution in [3.8, 4) is 28.8 Å². The molecule has 1 heterocycles. The van der Waals surface area contributed by atoms with Gasteiger partial charge in [-0.25, -0.2) is 4.98 Å². The normalized spacial score (nSPS) is 10.3. The van der Waals surface area contributed by atoms with Gasteiger partial charge in [-0.15, -0.1) is 0 Å². The minimum atomic E-state index is -0.789. The molecule has 0 fully saturated rings. The van der Waals surface area contributed by atoms with Crippen LogP contribution in [0.3, 0.4) is 0 Å². The minimum absolute atomic E-state index is 0.134. The fourth-order valence-electron chi connectivity index (χ4n) is 2.54. The summed E-state index contributed by atoms with van der Waals surface area (Å²) in [5.74, 6) is -0.0481. The second kappa shape index (κ2) is 8.41. The molecule has 0 bridgehead atoms. The van der Waals surface area contributed by atoms with E-state index in [1.807, 2.05) is 6.07 Å². The van der Waals surface area contributed by atoms with Gasteiger partial charge in [0.1, 0.15) is 17.4 Å². The Labute approximate surface area is 172 Å². The lowest BCUT2D eigenvalue weighted by atomic mass is 10.1. The number of hydrogen-bond acceptors (Lipinski definition) is 9. The zero-order valence-corrected chi connectivity index (χ0v) is 16.0. The highest BCUT2D eigenvalue weighted by Crippen LogP contribution is 2.35. The summed E-state index contributed by atoms with van der Waals surface area (Å²) >= 11 is 1.19. The lowest BCUT2D eigenvalue weighted by Gasteiger charge is -2.09. The van der Waals surface area contributed by atoms with Gasteiger partial charge in [0.2, 0.25) is 5.75 Å². The molecule has 0 radical (unpaired) electrons. The number of nitro groups is 2. The summed E-state index contributed by atoms with van der Waals surface area (Å²) in [5, 5.41) is 31.8. The lowest BCUT2D eigenvalue weighted by Crippen LogP contribution is -2.14. The van der Waals surface area contributed by atoms with Crippen molar-refractivity contribution in [3.05, 3.63) is 78.6 Å². The molecule has 0 saturated heterocycles. The summed E-state index contributed by atoms with van der Waals surface area (Å²) in [6.45, 7) is 0. The zero-order chi connectivity index (χ0) is 21.8. The van der Waals surface area contributed by atoms with E-state index in [9.17, 15) is 30.3 Å². The number of aromatic amines is 1. The first kappa shape index (κ1) is 20.5. The molecule has 12 heteroatoms. The molecule has 2 aromatic carbocycles. The van der Waals surface area contributed by atoms with Gasteiger partial charge in [-0.2, -0.15) is 5.26 Å². The predicted octanol–water partition coefficient (Wildman–Crippen LogP) is 3.64. The Hall–Kier alpha value is -4.24. The summed E-state index contributed by atoms with van der Waals surface area (Å²) in [6.07, 6.45) is 1.71. The van der Waals surface area contributed by atoms with E-state index in [-0.39, 0.29) is 22.8 Å². The van der Waals surface area contributed by atoms with Crippen molar-refractivity contribution in [1.29, 1.82) is 5.26 Å². The number of nitrogens with zero attached hydrogens (tertiary/aromatic N) is 4. The van der Waals surface area contributed by atoms with Gasteiger partial charge >= 0.3 is 5.69 Å². The summed E-state index contributed by atoms with van der Waals surface area (Å²) in [6, 6.07) is 10.9. The predicted molar refractivity (Wildman–Crippen MR) is 107 cm³/mol. The summed E-state index contributed by atoms with van der Waals surface area (Å²) in [5.41, 5.74) is -1.29. The van der Waals surface area contributed by atoms with E-state index in [1.165, 1.54) is 23.9 Å². The number of nitrogens with one attached hydrogen (secondary N) is 1. The molecule has 0 aliphatic carbocycles. The van der Waals surface area contributed by atoms with Crippen LogP contribution < -0.4 is 10.3 Å². The number of aromatic nitrogens is 2. The zero-order valence-electron chi connectivity index (χ0n) is 15.2. The average molecular weight is 425 g/mol. The number of benzene rings is 2. The fourth-order valence-corrected chi connectivity index (χ4v) is 2.92. The molecule has 0 aliphatic heterocycles. The van der Waals surface area contributed by atoms with Crippen LogP contribution in [0.4, 0.5) is 11.4 Å². The first-order chi connectivity index (χ1) is 14.3. The van der Waals surface area contributed by atoms with Gasteiger partial charge in [-0.05, 0) is 24.5 Å². The van der Waals surface area contributed by atoms with Crippen LogP contribution in [0.25, 0.3) is 11.3 Å². The second-order valence-electron chi connectivity index (χ2n) is 5.71. The maximum Gasteiger partial charge on any atom is 0.318 e. The SMILES string of the molecule is CSc1nc(-c2cccc(Oc3ccc([N+](=O)[O-])cc3[N+](=O)[O-])c2)c(C#N)c(=O)[nH]1. The Morgan fingerprint density at radius 1 is 1.17 bits per heavy atom. The van der Waals surface area contributed by atoms with Crippen LogP contribution in [0, 0.1) is 31.6 Å². The van der Waals surface area contributed by atoms with Crippen LogP contribution in [0.15, 0.2) is 52.4 Å². The third-order valence-corrected chi connectivity index (χ3v) is 4.47. The van der Waals surface area contributed by atoms with Crippen molar-refractivity contribution in [2.45, 2.75) is 5.16 Å². The molecular formula is C18H11N5O6S. The number of H-pyrrole nitrogens is 1. The third kappa shape index (κ3) is 4.10. The Morgan fingerprint density at radius 2 is 1.93 bits per heavy atom. The number of non-ortho nitro benzene ring substituents is 1. The van der Waals surface area contributed by atoms with E-state index >= 15 is 0 Å². The van der Waals surface area contributed by atoms with Gasteiger partial charge in [0.05, 0.1) is 21.6 Å². The van der Waals surface area contributed by atoms with E-state index in [0.717, 1.165) is 18.2 Å². The Kier molecular flexibility index (Phi) is 5.75. The van der Waals surface area contributed by atoms with E-state index in [0.29, 0.717) is 10.7 Å². The molecule has 3 rings (SSSR count). The van der Waals surface area contributed by atoms with E-state index in [2.05, 4.69) is 9.97 Å². The number of hydrogen-bond donors (Lipinski definition) is 1. The lowest BCUT2D eigenvalue weighted by molar-refractivity contribution is -0.394. The Bertz CT molecular complexity index is 1270. The van der Waals surface area contributed by atoms with Crippen LogP contribution in [0.2, 0.25) is 0 Å². The minimum Gasteiger partial charge on any atom is -0.450 e. The highest BCUT2D eigenvalue weighted by molar-refractivity contribution is 7.98. The Balaban J connectivity index is 2.06. The van der Waals surface area contributed by atoms with Crippen molar-refractivity contribution in [2.24, 2.45) is 0 Å². The van der Waals surface area contributed by atoms with E-state index in [1.54, 1.807) is 18.4 Å². The van der Waals surface area contributed by atoms with Gasteiger partial charge in [-0.1, -0.05) is 23.9 Å². The molecule has 3 aromatic rings. The smallest absolute Gasteiger partial charge is 0.318 e. The van der Waals surface area contributed by atoms with Gasteiger partial charge in [-0.3, -0.25) is 25.0 Å². The number of thioether (sulfide) groups is 1. The van der Waals surface area contributed by atoms with Crippen LogP contribution in [-0.2, 0) is 0 Å². The maximum atomic E-state index is 12.1. The van der Waals surface area contributed by atoms with E-state index in [4.69, 9.17) is 4.74 Å². The van der Waals surface area contributed by atoms with Gasteiger partial charge in [0.15, 0.2) is 5.16 Å². The van der Waals surface area contributed by atoms with Crippen molar-refractivity contribution < 1.29 is 14.6 Å². The standard InChI is InChI=1S/C18H11N5O6S/c1-30-18-20-16(13(9-19)17(24)21-18)10-3-2-4-12(7-10)29-15-6-5-11(22(25)26)8-14(15)23(27)28/h2-8H,1H3,(H,20,21,24). The molecule has 0 spiro atoms. The summed E-state index contributed by atoms with van der Waals surface area (Å²) in [7, 11) is 0. The highest BCUT2D eigenvalue weighted by atomic mass is 32.2. The van der Waals surface area contributed by atoms with E-state index < -0.39 is 26.8 Å². The van der Waals surface area contributed by atoms with Gasteiger partial charge in [0.25, 0.3) is 11.2 Å². The number of rotatable bonds is 6. The van der Waals surface area contributed by atoms with Crippen LogP contribution in [-0.4, -0.2) is 26.1 Å². The fraction of sp³-hybridized carbons (Fsp3) is 0.0556. The van der Waals surface area contributed by atoms with Gasteiger partial charge < -0.3 is 9.72 Å². The van der Waals surface area contributed by atoms with Gasteiger partial charge in [0, 0.05) is 11.6 Å². The molecule has 0 atom stereocenters. The average Bonchev–Trinajstić information content (AvgIpc) is 2.73. The van der Waals surface area contributed by atoms with Crippen molar-refractivity contribution in [3.63, 3.8) is 0 Å². The topological polar surface area (TPSA) is 165 Å². The number of ether oxygens (including phenoxy) is 1. The third-order valence-electron chi connectivity index (χ3n) is 3.89. The monoisotopic (exact) mass is 425 g/mol. The Morgan fingerprint density at radius 3 is 2.57 bits per heavy atom. The summed E-state index contributed by atoms with van der Waals surface area (Å²) in [4.78, 5) is 39.5. The molecule has 0 amide bonds. The van der Waals surface area contributed by atoms with Crippen LogP contribution in [0.5, 0.6) is 11.5 Å². The molecule has 0 aliphatic rings. The first-order valence-corrected chi connectivity index (χ1v) is 9.36.